The van der Waals surface area contributed by atoms with Crippen molar-refractivity contribution < 1.29 is 5.11 Å². The summed E-state index contributed by atoms with van der Waals surface area (Å²) in [6, 6.07) is 5.97. The van der Waals surface area contributed by atoms with Crippen LogP contribution in [0.25, 0.3) is 0 Å². The first kappa shape index (κ1) is 11.0. The molecule has 0 amide bonds. The summed E-state index contributed by atoms with van der Waals surface area (Å²) in [7, 11) is 0. The SMILES string of the molecule is Cc1cc(Cl)ccc1C1CCCCC1O. The van der Waals surface area contributed by atoms with E-state index >= 15 is 0 Å². The van der Waals surface area contributed by atoms with E-state index in [1.54, 1.807) is 0 Å². The van der Waals surface area contributed by atoms with Crippen molar-refractivity contribution in [1.82, 2.24) is 0 Å². The van der Waals surface area contributed by atoms with Gasteiger partial charge in [0.2, 0.25) is 0 Å². The highest BCUT2D eigenvalue weighted by atomic mass is 35.5. The van der Waals surface area contributed by atoms with Crippen molar-refractivity contribution in [2.45, 2.75) is 44.6 Å². The Kier molecular flexibility index (Phi) is 3.32. The molecule has 2 rings (SSSR count). The summed E-state index contributed by atoms with van der Waals surface area (Å²) < 4.78 is 0. The van der Waals surface area contributed by atoms with Gasteiger partial charge in [-0.2, -0.15) is 0 Å². The molecule has 1 N–H and O–H groups in total. The molecule has 1 aromatic carbocycles. The summed E-state index contributed by atoms with van der Waals surface area (Å²) in [6.45, 7) is 2.07. The first-order valence-corrected chi connectivity index (χ1v) is 6.00. The molecular weight excluding hydrogens is 208 g/mol. The molecule has 0 aromatic heterocycles. The zero-order valence-electron chi connectivity index (χ0n) is 9.04. The van der Waals surface area contributed by atoms with Gasteiger partial charge in [-0.3, -0.25) is 0 Å². The van der Waals surface area contributed by atoms with E-state index in [0.717, 1.165) is 24.3 Å². The molecule has 1 aliphatic rings. The van der Waals surface area contributed by atoms with Crippen molar-refractivity contribution in [1.29, 1.82) is 0 Å². The van der Waals surface area contributed by atoms with Gasteiger partial charge in [0.1, 0.15) is 0 Å². The van der Waals surface area contributed by atoms with Crippen molar-refractivity contribution in [3.63, 3.8) is 0 Å². The second kappa shape index (κ2) is 4.54. The number of hydrogen-bond donors (Lipinski definition) is 1. The van der Waals surface area contributed by atoms with Gasteiger partial charge in [0, 0.05) is 10.9 Å². The Morgan fingerprint density at radius 2 is 2.00 bits per heavy atom. The fraction of sp³-hybridized carbons (Fsp3) is 0.538. The highest BCUT2D eigenvalue weighted by molar-refractivity contribution is 6.30. The van der Waals surface area contributed by atoms with E-state index in [4.69, 9.17) is 11.6 Å². The fourth-order valence-electron chi connectivity index (χ4n) is 2.53. The van der Waals surface area contributed by atoms with Crippen molar-refractivity contribution >= 4 is 11.6 Å². The lowest BCUT2D eigenvalue weighted by Gasteiger charge is -2.29. The fourth-order valence-corrected chi connectivity index (χ4v) is 2.76. The Hall–Kier alpha value is -0.530. The molecule has 82 valence electrons. The normalized spacial score (nSPS) is 26.6. The summed E-state index contributed by atoms with van der Waals surface area (Å²) in [5.74, 6) is 0.316. The Morgan fingerprint density at radius 3 is 2.67 bits per heavy atom. The maximum atomic E-state index is 9.98. The highest BCUT2D eigenvalue weighted by Crippen LogP contribution is 2.35. The Morgan fingerprint density at radius 1 is 1.27 bits per heavy atom. The average Bonchev–Trinajstić information content (AvgIpc) is 2.20. The van der Waals surface area contributed by atoms with Crippen LogP contribution in [-0.4, -0.2) is 11.2 Å². The molecule has 2 atom stereocenters. The van der Waals surface area contributed by atoms with Crippen molar-refractivity contribution in [3.05, 3.63) is 34.3 Å². The van der Waals surface area contributed by atoms with Crippen LogP contribution in [0.2, 0.25) is 5.02 Å². The maximum absolute atomic E-state index is 9.98. The van der Waals surface area contributed by atoms with E-state index in [9.17, 15) is 5.11 Å². The maximum Gasteiger partial charge on any atom is 0.0608 e. The topological polar surface area (TPSA) is 20.2 Å². The standard InChI is InChI=1S/C13H17ClO/c1-9-8-10(14)6-7-11(9)12-4-2-3-5-13(12)15/h6-8,12-13,15H,2-5H2,1H3. The molecule has 1 fully saturated rings. The lowest BCUT2D eigenvalue weighted by atomic mass is 9.80. The molecule has 2 unspecified atom stereocenters. The molecule has 0 radical (unpaired) electrons. The van der Waals surface area contributed by atoms with Crippen LogP contribution in [0.5, 0.6) is 0 Å². The molecule has 1 aromatic rings. The van der Waals surface area contributed by atoms with E-state index in [0.29, 0.717) is 5.92 Å². The summed E-state index contributed by atoms with van der Waals surface area (Å²) >= 11 is 5.93. The molecule has 2 heteroatoms. The van der Waals surface area contributed by atoms with E-state index in [2.05, 4.69) is 13.0 Å². The molecule has 15 heavy (non-hydrogen) atoms. The van der Waals surface area contributed by atoms with Gasteiger partial charge in [0.15, 0.2) is 0 Å². The number of benzene rings is 1. The number of hydrogen-bond acceptors (Lipinski definition) is 1. The number of aliphatic hydroxyl groups excluding tert-OH is 1. The second-order valence-corrected chi connectivity index (χ2v) is 4.90. The average molecular weight is 225 g/mol. The molecular formula is C13H17ClO. The number of rotatable bonds is 1. The zero-order valence-corrected chi connectivity index (χ0v) is 9.80. The summed E-state index contributed by atoms with van der Waals surface area (Å²) in [6.07, 6.45) is 4.25. The largest absolute Gasteiger partial charge is 0.392 e. The van der Waals surface area contributed by atoms with Crippen molar-refractivity contribution in [2.24, 2.45) is 0 Å². The van der Waals surface area contributed by atoms with E-state index in [1.807, 2.05) is 12.1 Å². The van der Waals surface area contributed by atoms with Gasteiger partial charge in [-0.05, 0) is 43.0 Å². The first-order chi connectivity index (χ1) is 7.18. The smallest absolute Gasteiger partial charge is 0.0608 e. The summed E-state index contributed by atoms with van der Waals surface area (Å²) in [5.41, 5.74) is 2.47. The first-order valence-electron chi connectivity index (χ1n) is 5.62. The molecule has 1 nitrogen and oxygen atoms in total. The van der Waals surface area contributed by atoms with E-state index in [-0.39, 0.29) is 6.10 Å². The lowest BCUT2D eigenvalue weighted by molar-refractivity contribution is 0.106. The van der Waals surface area contributed by atoms with E-state index in [1.165, 1.54) is 17.5 Å². The van der Waals surface area contributed by atoms with Crippen molar-refractivity contribution in [2.75, 3.05) is 0 Å². The minimum atomic E-state index is -0.168. The predicted molar refractivity (Wildman–Crippen MR) is 63.4 cm³/mol. The second-order valence-electron chi connectivity index (χ2n) is 4.46. The molecule has 0 spiro atoms. The molecule has 0 saturated heterocycles. The van der Waals surface area contributed by atoms with Gasteiger partial charge in [-0.15, -0.1) is 0 Å². The molecule has 1 saturated carbocycles. The van der Waals surface area contributed by atoms with Crippen molar-refractivity contribution in [3.8, 4) is 0 Å². The molecule has 0 aliphatic heterocycles. The minimum Gasteiger partial charge on any atom is -0.392 e. The van der Waals surface area contributed by atoms with Gasteiger partial charge < -0.3 is 5.11 Å². The van der Waals surface area contributed by atoms with E-state index < -0.39 is 0 Å². The van der Waals surface area contributed by atoms with Crippen LogP contribution in [0.15, 0.2) is 18.2 Å². The zero-order chi connectivity index (χ0) is 10.8. The van der Waals surface area contributed by atoms with Crippen LogP contribution in [0, 0.1) is 6.92 Å². The third-order valence-electron chi connectivity index (χ3n) is 3.36. The van der Waals surface area contributed by atoms with Gasteiger partial charge in [0.05, 0.1) is 6.10 Å². The van der Waals surface area contributed by atoms with Gasteiger partial charge >= 0.3 is 0 Å². The summed E-state index contributed by atoms with van der Waals surface area (Å²) in [5, 5.41) is 10.8. The quantitative estimate of drug-likeness (QED) is 0.772. The minimum absolute atomic E-state index is 0.168. The molecule has 0 heterocycles. The van der Waals surface area contributed by atoms with Crippen LogP contribution >= 0.6 is 11.6 Å². The van der Waals surface area contributed by atoms with Crippen LogP contribution in [0.4, 0.5) is 0 Å². The lowest BCUT2D eigenvalue weighted by Crippen LogP contribution is -2.23. The van der Waals surface area contributed by atoms with Gasteiger partial charge in [0.25, 0.3) is 0 Å². The number of halogens is 1. The third-order valence-corrected chi connectivity index (χ3v) is 3.60. The molecule has 1 aliphatic carbocycles. The predicted octanol–water partition coefficient (Wildman–Crippen LogP) is 3.67. The third kappa shape index (κ3) is 2.35. The molecule has 0 bridgehead atoms. The van der Waals surface area contributed by atoms with Gasteiger partial charge in [-0.25, -0.2) is 0 Å². The van der Waals surface area contributed by atoms with Crippen LogP contribution in [0.1, 0.15) is 42.7 Å². The van der Waals surface area contributed by atoms with Crippen LogP contribution in [0.3, 0.4) is 0 Å². The summed E-state index contributed by atoms with van der Waals surface area (Å²) in [4.78, 5) is 0. The Labute approximate surface area is 96.1 Å². The van der Waals surface area contributed by atoms with Crippen LogP contribution in [-0.2, 0) is 0 Å². The number of aryl methyl sites for hydroxylation is 1. The number of aliphatic hydroxyl groups is 1. The highest BCUT2D eigenvalue weighted by Gasteiger charge is 2.25. The van der Waals surface area contributed by atoms with Crippen LogP contribution < -0.4 is 0 Å². The Bertz CT molecular complexity index is 348. The monoisotopic (exact) mass is 224 g/mol. The van der Waals surface area contributed by atoms with Gasteiger partial charge in [-0.1, -0.05) is 30.5 Å². The Balaban J connectivity index is 2.27.